The van der Waals surface area contributed by atoms with Crippen LogP contribution in [0.25, 0.3) is 0 Å². The molecule has 0 rings (SSSR count). The molecule has 0 fully saturated rings. The lowest BCUT2D eigenvalue weighted by molar-refractivity contribution is -0.143. The largest absolute Gasteiger partial charge is 0.498 e. The average molecular weight is 429 g/mol. The van der Waals surface area contributed by atoms with Gasteiger partial charge in [0, 0.05) is 25.6 Å². The standard InChI is InChI=1S/C24H44O6/c1-5-20(14-11-9-10-12-18-25)21(16-17-24(27)29-8-4)22(6-2)30-19-13-15-23(26)28-7-3/h5-6,20-21,24-25,27H,1,7-19H2,2-4H3/b22-6+. The first kappa shape index (κ1) is 28.6. The van der Waals surface area contributed by atoms with Crippen molar-refractivity contribution in [2.75, 3.05) is 26.4 Å². The van der Waals surface area contributed by atoms with Gasteiger partial charge in [0.15, 0.2) is 6.29 Å². The zero-order valence-electron chi connectivity index (χ0n) is 19.3. The first-order chi connectivity index (χ1) is 14.5. The second kappa shape index (κ2) is 19.6. The Balaban J connectivity index is 4.89. The molecule has 0 spiro atoms. The van der Waals surface area contributed by atoms with Crippen LogP contribution >= 0.6 is 0 Å². The van der Waals surface area contributed by atoms with Gasteiger partial charge in [-0.3, -0.25) is 4.79 Å². The van der Waals surface area contributed by atoms with Crippen LogP contribution in [0, 0.1) is 11.8 Å². The van der Waals surface area contributed by atoms with Gasteiger partial charge in [0.2, 0.25) is 0 Å². The van der Waals surface area contributed by atoms with Crippen molar-refractivity contribution in [3.8, 4) is 0 Å². The van der Waals surface area contributed by atoms with Crippen LogP contribution in [-0.4, -0.2) is 48.9 Å². The van der Waals surface area contributed by atoms with Crippen LogP contribution in [0.4, 0.5) is 0 Å². The summed E-state index contributed by atoms with van der Waals surface area (Å²) >= 11 is 0. The summed E-state index contributed by atoms with van der Waals surface area (Å²) in [6, 6.07) is 0. The number of hydrogen-bond donors (Lipinski definition) is 2. The molecule has 176 valence electrons. The smallest absolute Gasteiger partial charge is 0.305 e. The Morgan fingerprint density at radius 1 is 1.00 bits per heavy atom. The zero-order valence-corrected chi connectivity index (χ0v) is 19.3. The molecule has 0 aliphatic heterocycles. The summed E-state index contributed by atoms with van der Waals surface area (Å²) in [5.41, 5.74) is 0. The van der Waals surface area contributed by atoms with Crippen LogP contribution in [-0.2, 0) is 19.0 Å². The van der Waals surface area contributed by atoms with E-state index in [1.807, 2.05) is 26.0 Å². The summed E-state index contributed by atoms with van der Waals surface area (Å²) < 4.78 is 16.3. The third kappa shape index (κ3) is 13.8. The molecule has 0 aromatic carbocycles. The predicted octanol–water partition coefficient (Wildman–Crippen LogP) is 4.75. The van der Waals surface area contributed by atoms with Crippen LogP contribution in [0.1, 0.15) is 78.6 Å². The SMILES string of the molecule is C=CC(CCCCCCO)C(CCC(O)OCC)/C(=C\C)OCCCC(=O)OCC. The van der Waals surface area contributed by atoms with Gasteiger partial charge in [0.25, 0.3) is 0 Å². The molecule has 6 nitrogen and oxygen atoms in total. The van der Waals surface area contributed by atoms with E-state index in [0.717, 1.165) is 44.3 Å². The van der Waals surface area contributed by atoms with E-state index < -0.39 is 6.29 Å². The van der Waals surface area contributed by atoms with Crippen molar-refractivity contribution in [2.45, 2.75) is 84.8 Å². The highest BCUT2D eigenvalue weighted by atomic mass is 16.6. The van der Waals surface area contributed by atoms with Gasteiger partial charge in [-0.2, -0.15) is 0 Å². The van der Waals surface area contributed by atoms with E-state index in [1.165, 1.54) is 0 Å². The molecule has 6 heteroatoms. The fourth-order valence-corrected chi connectivity index (χ4v) is 3.54. The first-order valence-electron chi connectivity index (χ1n) is 11.5. The summed E-state index contributed by atoms with van der Waals surface area (Å²) in [5.74, 6) is 1.00. The van der Waals surface area contributed by atoms with Crippen molar-refractivity contribution in [1.82, 2.24) is 0 Å². The van der Waals surface area contributed by atoms with Crippen LogP contribution < -0.4 is 0 Å². The highest BCUT2D eigenvalue weighted by Gasteiger charge is 2.25. The number of carbonyl (C=O) groups excluding carboxylic acids is 1. The van der Waals surface area contributed by atoms with Gasteiger partial charge in [0.1, 0.15) is 0 Å². The first-order valence-corrected chi connectivity index (χ1v) is 11.5. The summed E-state index contributed by atoms with van der Waals surface area (Å²) in [4.78, 5) is 11.5. The van der Waals surface area contributed by atoms with Crippen molar-refractivity contribution in [3.63, 3.8) is 0 Å². The molecule has 0 aromatic rings. The maximum atomic E-state index is 11.5. The second-order valence-corrected chi connectivity index (χ2v) is 7.37. The fourth-order valence-electron chi connectivity index (χ4n) is 3.54. The van der Waals surface area contributed by atoms with Crippen molar-refractivity contribution < 1.29 is 29.2 Å². The highest BCUT2D eigenvalue weighted by molar-refractivity contribution is 5.69. The Morgan fingerprint density at radius 2 is 1.73 bits per heavy atom. The molecule has 0 saturated heterocycles. The highest BCUT2D eigenvalue weighted by Crippen LogP contribution is 2.32. The Kier molecular flexibility index (Phi) is 18.7. The van der Waals surface area contributed by atoms with Crippen LogP contribution in [0.2, 0.25) is 0 Å². The van der Waals surface area contributed by atoms with Gasteiger partial charge in [-0.1, -0.05) is 25.3 Å². The van der Waals surface area contributed by atoms with E-state index in [4.69, 9.17) is 19.3 Å². The van der Waals surface area contributed by atoms with Crippen LogP contribution in [0.3, 0.4) is 0 Å². The molecular weight excluding hydrogens is 384 g/mol. The van der Waals surface area contributed by atoms with Gasteiger partial charge in [-0.15, -0.1) is 6.58 Å². The molecule has 2 N–H and O–H groups in total. The Labute approximate surface area is 183 Å². The lowest BCUT2D eigenvalue weighted by Crippen LogP contribution is -2.21. The third-order valence-electron chi connectivity index (χ3n) is 5.10. The molecule has 0 amide bonds. The molecule has 0 aliphatic rings. The van der Waals surface area contributed by atoms with Crippen molar-refractivity contribution >= 4 is 5.97 Å². The van der Waals surface area contributed by atoms with Crippen molar-refractivity contribution in [3.05, 3.63) is 24.5 Å². The van der Waals surface area contributed by atoms with Crippen molar-refractivity contribution in [1.29, 1.82) is 0 Å². The van der Waals surface area contributed by atoms with E-state index in [-0.39, 0.29) is 24.4 Å². The monoisotopic (exact) mass is 428 g/mol. The van der Waals surface area contributed by atoms with E-state index in [0.29, 0.717) is 39.1 Å². The summed E-state index contributed by atoms with van der Waals surface area (Å²) in [7, 11) is 0. The lowest BCUT2D eigenvalue weighted by Gasteiger charge is -2.28. The predicted molar refractivity (Wildman–Crippen MR) is 120 cm³/mol. The zero-order chi connectivity index (χ0) is 22.6. The Bertz CT molecular complexity index is 463. The third-order valence-corrected chi connectivity index (χ3v) is 5.10. The summed E-state index contributed by atoms with van der Waals surface area (Å²) in [6.07, 6.45) is 10.3. The number of unbranched alkanes of at least 4 members (excludes halogenated alkanes) is 3. The summed E-state index contributed by atoms with van der Waals surface area (Å²) in [5, 5.41) is 19.0. The number of allylic oxidation sites excluding steroid dienone is 3. The molecule has 0 radical (unpaired) electrons. The Hall–Kier alpha value is -1.37. The number of hydrogen-bond acceptors (Lipinski definition) is 6. The minimum atomic E-state index is -0.783. The van der Waals surface area contributed by atoms with E-state index in [9.17, 15) is 9.90 Å². The molecule has 0 heterocycles. The lowest BCUT2D eigenvalue weighted by atomic mass is 9.82. The minimum Gasteiger partial charge on any atom is -0.498 e. The molecule has 30 heavy (non-hydrogen) atoms. The Morgan fingerprint density at radius 3 is 2.33 bits per heavy atom. The number of aliphatic hydroxyl groups excluding tert-OH is 2. The maximum Gasteiger partial charge on any atom is 0.305 e. The van der Waals surface area contributed by atoms with Crippen LogP contribution in [0.15, 0.2) is 24.5 Å². The summed E-state index contributed by atoms with van der Waals surface area (Å²) in [6.45, 7) is 11.2. The van der Waals surface area contributed by atoms with Gasteiger partial charge < -0.3 is 24.4 Å². The number of esters is 1. The quantitative estimate of drug-likeness (QED) is 0.0957. The van der Waals surface area contributed by atoms with E-state index >= 15 is 0 Å². The molecular formula is C24H44O6. The van der Waals surface area contributed by atoms with Crippen molar-refractivity contribution in [2.24, 2.45) is 11.8 Å². The maximum absolute atomic E-state index is 11.5. The normalized spacial score (nSPS) is 14.8. The molecule has 0 aliphatic carbocycles. The van der Waals surface area contributed by atoms with Crippen LogP contribution in [0.5, 0.6) is 0 Å². The number of rotatable bonds is 20. The topological polar surface area (TPSA) is 85.2 Å². The van der Waals surface area contributed by atoms with Gasteiger partial charge in [-0.05, 0) is 64.9 Å². The van der Waals surface area contributed by atoms with E-state index in [1.54, 1.807) is 6.92 Å². The second-order valence-electron chi connectivity index (χ2n) is 7.37. The minimum absolute atomic E-state index is 0.100. The molecule has 3 atom stereocenters. The average Bonchev–Trinajstić information content (AvgIpc) is 2.73. The number of carbonyl (C=O) groups is 1. The molecule has 3 unspecified atom stereocenters. The van der Waals surface area contributed by atoms with Gasteiger partial charge in [-0.25, -0.2) is 0 Å². The fraction of sp³-hybridized carbons (Fsp3) is 0.792. The number of ether oxygens (including phenoxy) is 3. The molecule has 0 saturated carbocycles. The van der Waals surface area contributed by atoms with Gasteiger partial charge in [0.05, 0.1) is 19.0 Å². The number of aliphatic hydroxyl groups is 2. The van der Waals surface area contributed by atoms with E-state index in [2.05, 4.69) is 6.58 Å². The van der Waals surface area contributed by atoms with Gasteiger partial charge >= 0.3 is 5.97 Å². The molecule has 0 aromatic heterocycles. The molecule has 0 bridgehead atoms.